The maximum absolute atomic E-state index is 11.8. The van der Waals surface area contributed by atoms with Crippen molar-refractivity contribution < 1.29 is 19.7 Å². The second kappa shape index (κ2) is 17.9. The lowest BCUT2D eigenvalue weighted by molar-refractivity contribution is -0.143. The molecule has 2 aromatic carbocycles. The molecule has 0 bridgehead atoms. The van der Waals surface area contributed by atoms with E-state index >= 15 is 0 Å². The second-order valence-corrected chi connectivity index (χ2v) is 9.74. The summed E-state index contributed by atoms with van der Waals surface area (Å²) in [5, 5.41) is 19.3. The monoisotopic (exact) mass is 482 g/mol. The highest BCUT2D eigenvalue weighted by Crippen LogP contribution is 2.32. The first-order chi connectivity index (χ1) is 17.1. The normalized spacial score (nSPS) is 11.1. The molecule has 0 unspecified atom stereocenters. The van der Waals surface area contributed by atoms with Crippen LogP contribution in [0.1, 0.15) is 120 Å². The molecule has 0 aromatic heterocycles. The number of unbranched alkanes of at least 4 members (excludes halogenated alkanes) is 11. The van der Waals surface area contributed by atoms with Gasteiger partial charge in [0.15, 0.2) is 0 Å². The van der Waals surface area contributed by atoms with Crippen LogP contribution in [-0.4, -0.2) is 22.8 Å². The molecule has 194 valence electrons. The Hall–Kier alpha value is -2.49. The zero-order valence-electron chi connectivity index (χ0n) is 21.7. The summed E-state index contributed by atoms with van der Waals surface area (Å²) in [6.07, 6.45) is 16.8. The van der Waals surface area contributed by atoms with E-state index in [1.54, 1.807) is 24.3 Å². The van der Waals surface area contributed by atoms with Gasteiger partial charge in [0.05, 0.1) is 6.61 Å². The van der Waals surface area contributed by atoms with E-state index in [2.05, 4.69) is 6.92 Å². The first-order valence-corrected chi connectivity index (χ1v) is 13.8. The minimum absolute atomic E-state index is 0.0342. The van der Waals surface area contributed by atoms with E-state index in [0.29, 0.717) is 13.0 Å². The third-order valence-corrected chi connectivity index (χ3v) is 6.73. The lowest BCUT2D eigenvalue weighted by Gasteiger charge is -2.18. The van der Waals surface area contributed by atoms with Gasteiger partial charge in [0, 0.05) is 12.3 Å². The van der Waals surface area contributed by atoms with Gasteiger partial charge in [-0.25, -0.2) is 0 Å². The van der Waals surface area contributed by atoms with Gasteiger partial charge in [0.25, 0.3) is 0 Å². The smallest absolute Gasteiger partial charge is 0.305 e. The molecule has 2 rings (SSSR count). The van der Waals surface area contributed by atoms with E-state index in [4.69, 9.17) is 4.74 Å². The average molecular weight is 483 g/mol. The van der Waals surface area contributed by atoms with Crippen LogP contribution in [0.4, 0.5) is 0 Å². The van der Waals surface area contributed by atoms with E-state index in [-0.39, 0.29) is 23.4 Å². The van der Waals surface area contributed by atoms with E-state index in [0.717, 1.165) is 38.5 Å². The Balaban J connectivity index is 1.54. The summed E-state index contributed by atoms with van der Waals surface area (Å²) >= 11 is 0. The van der Waals surface area contributed by atoms with Crippen molar-refractivity contribution in [3.05, 3.63) is 59.7 Å². The largest absolute Gasteiger partial charge is 0.508 e. The number of aromatic hydroxyl groups is 2. The van der Waals surface area contributed by atoms with Gasteiger partial charge < -0.3 is 14.9 Å². The topological polar surface area (TPSA) is 66.8 Å². The average Bonchev–Trinajstić information content (AvgIpc) is 2.86. The van der Waals surface area contributed by atoms with E-state index in [9.17, 15) is 15.0 Å². The van der Waals surface area contributed by atoms with Crippen molar-refractivity contribution in [1.29, 1.82) is 0 Å². The Morgan fingerprint density at radius 2 is 1.11 bits per heavy atom. The zero-order valence-corrected chi connectivity index (χ0v) is 21.7. The molecule has 0 radical (unpaired) electrons. The fourth-order valence-corrected chi connectivity index (χ4v) is 4.58. The van der Waals surface area contributed by atoms with Crippen molar-refractivity contribution in [3.8, 4) is 11.5 Å². The van der Waals surface area contributed by atoms with Crippen LogP contribution in [0.3, 0.4) is 0 Å². The van der Waals surface area contributed by atoms with Crippen LogP contribution >= 0.6 is 0 Å². The molecule has 0 fully saturated rings. The summed E-state index contributed by atoms with van der Waals surface area (Å²) in [6, 6.07) is 14.9. The number of ether oxygens (including phenoxy) is 1. The molecule has 2 N–H and O–H groups in total. The quantitative estimate of drug-likeness (QED) is 0.155. The Labute approximate surface area is 212 Å². The van der Waals surface area contributed by atoms with Crippen LogP contribution in [0.2, 0.25) is 0 Å². The van der Waals surface area contributed by atoms with E-state index in [1.807, 2.05) is 24.3 Å². The molecule has 0 heterocycles. The summed E-state index contributed by atoms with van der Waals surface area (Å²) in [6.45, 7) is 2.78. The highest BCUT2D eigenvalue weighted by molar-refractivity contribution is 5.69. The maximum Gasteiger partial charge on any atom is 0.305 e. The van der Waals surface area contributed by atoms with Crippen molar-refractivity contribution in [2.24, 2.45) is 0 Å². The van der Waals surface area contributed by atoms with Crippen molar-refractivity contribution in [2.45, 2.75) is 109 Å². The number of rotatable bonds is 19. The van der Waals surface area contributed by atoms with E-state index < -0.39 is 0 Å². The maximum atomic E-state index is 11.8. The first kappa shape index (κ1) is 28.7. The SMILES string of the molecule is CCCCCCCCCC(=O)OCCCCCCCCC(c1ccc(O)cc1)c1ccc(O)cc1. The van der Waals surface area contributed by atoms with E-state index in [1.165, 1.54) is 62.5 Å². The second-order valence-electron chi connectivity index (χ2n) is 9.74. The van der Waals surface area contributed by atoms with Crippen molar-refractivity contribution in [3.63, 3.8) is 0 Å². The minimum atomic E-state index is -0.0342. The molecular weight excluding hydrogens is 436 g/mol. The molecule has 4 nitrogen and oxygen atoms in total. The molecule has 2 aromatic rings. The fourth-order valence-electron chi connectivity index (χ4n) is 4.58. The summed E-state index contributed by atoms with van der Waals surface area (Å²) in [7, 11) is 0. The molecule has 4 heteroatoms. The summed E-state index contributed by atoms with van der Waals surface area (Å²) in [4.78, 5) is 11.8. The van der Waals surface area contributed by atoms with Crippen molar-refractivity contribution in [1.82, 2.24) is 0 Å². The standard InChI is InChI=1S/C31H46O4/c1-2-3-4-5-6-10-13-16-31(34)35-25-14-11-8-7-9-12-15-30(26-17-21-28(32)22-18-26)27-19-23-29(33)24-20-27/h17-24,30,32-33H,2-16,25H2,1H3. The van der Waals surface area contributed by atoms with Crippen LogP contribution in [0, 0.1) is 0 Å². The predicted octanol–water partition coefficient (Wildman–Crippen LogP) is 8.64. The Morgan fingerprint density at radius 3 is 1.66 bits per heavy atom. The third kappa shape index (κ3) is 12.7. The predicted molar refractivity (Wildman–Crippen MR) is 144 cm³/mol. The van der Waals surface area contributed by atoms with Gasteiger partial charge >= 0.3 is 5.97 Å². The van der Waals surface area contributed by atoms with Crippen molar-refractivity contribution in [2.75, 3.05) is 6.61 Å². The van der Waals surface area contributed by atoms with Crippen LogP contribution in [-0.2, 0) is 9.53 Å². The Kier molecular flexibility index (Phi) is 14.7. The van der Waals surface area contributed by atoms with Gasteiger partial charge in [-0.15, -0.1) is 0 Å². The molecule has 0 amide bonds. The van der Waals surface area contributed by atoms with Gasteiger partial charge in [-0.3, -0.25) is 4.79 Å². The minimum Gasteiger partial charge on any atom is -0.508 e. The fraction of sp³-hybridized carbons (Fsp3) is 0.581. The Bertz CT molecular complexity index is 752. The molecular formula is C31H46O4. The molecule has 0 saturated carbocycles. The molecule has 0 atom stereocenters. The highest BCUT2D eigenvalue weighted by Gasteiger charge is 2.14. The summed E-state index contributed by atoms with van der Waals surface area (Å²) in [5.41, 5.74) is 2.37. The van der Waals surface area contributed by atoms with Gasteiger partial charge in [0.2, 0.25) is 0 Å². The van der Waals surface area contributed by atoms with Crippen molar-refractivity contribution >= 4 is 5.97 Å². The van der Waals surface area contributed by atoms with Crippen LogP contribution in [0.15, 0.2) is 48.5 Å². The molecule has 0 spiro atoms. The van der Waals surface area contributed by atoms with Gasteiger partial charge in [-0.1, -0.05) is 102 Å². The summed E-state index contributed by atoms with van der Waals surface area (Å²) in [5.74, 6) is 0.781. The first-order valence-electron chi connectivity index (χ1n) is 13.8. The van der Waals surface area contributed by atoms with Crippen LogP contribution in [0.25, 0.3) is 0 Å². The molecule has 0 saturated heterocycles. The number of benzene rings is 2. The van der Waals surface area contributed by atoms with Gasteiger partial charge in [0.1, 0.15) is 11.5 Å². The van der Waals surface area contributed by atoms with Gasteiger partial charge in [-0.05, 0) is 54.7 Å². The zero-order chi connectivity index (χ0) is 25.1. The number of carbonyl (C=O) groups is 1. The van der Waals surface area contributed by atoms with Crippen LogP contribution < -0.4 is 0 Å². The molecule has 0 aliphatic rings. The van der Waals surface area contributed by atoms with Crippen LogP contribution in [0.5, 0.6) is 11.5 Å². The Morgan fingerprint density at radius 1 is 0.657 bits per heavy atom. The van der Waals surface area contributed by atoms with Gasteiger partial charge in [-0.2, -0.15) is 0 Å². The lowest BCUT2D eigenvalue weighted by Crippen LogP contribution is -2.05. The third-order valence-electron chi connectivity index (χ3n) is 6.73. The summed E-state index contributed by atoms with van der Waals surface area (Å²) < 4.78 is 5.39. The molecule has 0 aliphatic carbocycles. The number of hydrogen-bond donors (Lipinski definition) is 2. The number of carbonyl (C=O) groups excluding carboxylic acids is 1. The number of hydrogen-bond acceptors (Lipinski definition) is 4. The highest BCUT2D eigenvalue weighted by atomic mass is 16.5. The molecule has 35 heavy (non-hydrogen) atoms. The number of phenolic OH excluding ortho intramolecular Hbond substituents is 2. The number of esters is 1. The lowest BCUT2D eigenvalue weighted by atomic mass is 9.86. The molecule has 0 aliphatic heterocycles. The number of phenols is 2.